The molecule has 0 aromatic carbocycles. The normalized spacial score (nSPS) is 25.5. The molecule has 0 aliphatic heterocycles. The van der Waals surface area contributed by atoms with Crippen LogP contribution in [-0.2, 0) is 9.47 Å². The van der Waals surface area contributed by atoms with Gasteiger partial charge in [0.15, 0.2) is 0 Å². The van der Waals surface area contributed by atoms with E-state index in [1.165, 1.54) is 11.1 Å². The Morgan fingerprint density at radius 2 is 1.30 bits per heavy atom. The summed E-state index contributed by atoms with van der Waals surface area (Å²) in [6.07, 6.45) is 17.7. The Hall–Kier alpha value is -1.12. The first-order chi connectivity index (χ1) is 9.77. The molecule has 2 aliphatic carbocycles. The fourth-order valence-electron chi connectivity index (χ4n) is 2.45. The monoisotopic (exact) mass is 274 g/mol. The molecule has 0 heterocycles. The molecule has 2 heteroatoms. The lowest BCUT2D eigenvalue weighted by molar-refractivity contribution is 0.0776. The molecule has 0 aromatic rings. The standard InChI is InChI=1S/C18H26O2/c1-15-9-3-5-11-17(15)19-13-7-8-14-20-18-12-6-4-10-16(18)2/h5-6,9-12,17-18H,3-4,7-8,13-14H2,1-2H3. The first-order valence-electron chi connectivity index (χ1n) is 7.67. The second-order valence-electron chi connectivity index (χ2n) is 5.51. The molecule has 2 unspecified atom stereocenters. The molecule has 20 heavy (non-hydrogen) atoms. The van der Waals surface area contributed by atoms with Gasteiger partial charge < -0.3 is 9.47 Å². The van der Waals surface area contributed by atoms with Crippen LogP contribution in [0, 0.1) is 0 Å². The zero-order valence-corrected chi connectivity index (χ0v) is 12.7. The second-order valence-corrected chi connectivity index (χ2v) is 5.51. The highest BCUT2D eigenvalue weighted by Gasteiger charge is 2.11. The summed E-state index contributed by atoms with van der Waals surface area (Å²) in [5.41, 5.74) is 2.66. The van der Waals surface area contributed by atoms with Gasteiger partial charge in [0, 0.05) is 13.2 Å². The number of hydrogen-bond acceptors (Lipinski definition) is 2. The van der Waals surface area contributed by atoms with Crippen molar-refractivity contribution < 1.29 is 9.47 Å². The average molecular weight is 274 g/mol. The van der Waals surface area contributed by atoms with Gasteiger partial charge in [-0.15, -0.1) is 0 Å². The molecular weight excluding hydrogens is 248 g/mol. The van der Waals surface area contributed by atoms with Gasteiger partial charge in [0.1, 0.15) is 0 Å². The topological polar surface area (TPSA) is 18.5 Å². The van der Waals surface area contributed by atoms with E-state index in [-0.39, 0.29) is 12.2 Å². The van der Waals surface area contributed by atoms with Crippen LogP contribution in [0.25, 0.3) is 0 Å². The Labute approximate surface area is 122 Å². The van der Waals surface area contributed by atoms with Gasteiger partial charge >= 0.3 is 0 Å². The van der Waals surface area contributed by atoms with Crippen molar-refractivity contribution in [3.05, 3.63) is 47.6 Å². The van der Waals surface area contributed by atoms with E-state index < -0.39 is 0 Å². The van der Waals surface area contributed by atoms with Crippen molar-refractivity contribution in [2.24, 2.45) is 0 Å². The van der Waals surface area contributed by atoms with E-state index in [1.807, 2.05) is 0 Å². The molecule has 2 rings (SSSR count). The summed E-state index contributed by atoms with van der Waals surface area (Å²) in [5.74, 6) is 0. The number of rotatable bonds is 7. The molecule has 110 valence electrons. The van der Waals surface area contributed by atoms with Crippen molar-refractivity contribution in [3.8, 4) is 0 Å². The molecule has 2 atom stereocenters. The number of unbranched alkanes of at least 4 members (excludes halogenated alkanes) is 1. The van der Waals surface area contributed by atoms with E-state index >= 15 is 0 Å². The lowest BCUT2D eigenvalue weighted by Crippen LogP contribution is -2.16. The summed E-state index contributed by atoms with van der Waals surface area (Å²) >= 11 is 0. The molecule has 0 amide bonds. The van der Waals surface area contributed by atoms with Gasteiger partial charge in [-0.3, -0.25) is 0 Å². The third kappa shape index (κ3) is 4.77. The maximum Gasteiger partial charge on any atom is 0.0964 e. The smallest absolute Gasteiger partial charge is 0.0964 e. The Morgan fingerprint density at radius 3 is 1.70 bits per heavy atom. The summed E-state index contributed by atoms with van der Waals surface area (Å²) in [5, 5.41) is 0. The maximum absolute atomic E-state index is 5.87. The van der Waals surface area contributed by atoms with Gasteiger partial charge in [-0.05, 0) is 50.7 Å². The molecule has 0 N–H and O–H groups in total. The highest BCUT2D eigenvalue weighted by atomic mass is 16.5. The van der Waals surface area contributed by atoms with Crippen LogP contribution in [0.4, 0.5) is 0 Å². The molecule has 0 saturated heterocycles. The summed E-state index contributed by atoms with van der Waals surface area (Å²) in [6.45, 7) is 5.89. The van der Waals surface area contributed by atoms with E-state index in [1.54, 1.807) is 0 Å². The van der Waals surface area contributed by atoms with Crippen molar-refractivity contribution >= 4 is 0 Å². The fourth-order valence-corrected chi connectivity index (χ4v) is 2.45. The molecule has 0 fully saturated rings. The van der Waals surface area contributed by atoms with E-state index in [0.717, 1.165) is 38.9 Å². The number of hydrogen-bond donors (Lipinski definition) is 0. The predicted molar refractivity (Wildman–Crippen MR) is 83.7 cm³/mol. The summed E-state index contributed by atoms with van der Waals surface area (Å²) in [7, 11) is 0. The van der Waals surface area contributed by atoms with Gasteiger partial charge in [0.25, 0.3) is 0 Å². The third-order valence-corrected chi connectivity index (χ3v) is 3.80. The Kier molecular flexibility index (Phi) is 6.28. The van der Waals surface area contributed by atoms with Gasteiger partial charge in [0.2, 0.25) is 0 Å². The van der Waals surface area contributed by atoms with Crippen molar-refractivity contribution in [3.63, 3.8) is 0 Å². The minimum Gasteiger partial charge on any atom is -0.370 e. The predicted octanol–water partition coefficient (Wildman–Crippen LogP) is 4.35. The molecule has 0 bridgehead atoms. The van der Waals surface area contributed by atoms with Crippen LogP contribution in [0.3, 0.4) is 0 Å². The molecule has 2 nitrogen and oxygen atoms in total. The van der Waals surface area contributed by atoms with Crippen LogP contribution in [0.1, 0.15) is 39.5 Å². The lowest BCUT2D eigenvalue weighted by atomic mass is 10.0. The molecule has 2 aliphatic rings. The SMILES string of the molecule is CC1=CCC=CC1OCCCCOC1C=CCC=C1C. The first-order valence-corrected chi connectivity index (χ1v) is 7.67. The van der Waals surface area contributed by atoms with Crippen molar-refractivity contribution in [1.29, 1.82) is 0 Å². The van der Waals surface area contributed by atoms with Crippen LogP contribution < -0.4 is 0 Å². The molecule has 0 aromatic heterocycles. The zero-order chi connectivity index (χ0) is 14.2. The molecule has 0 radical (unpaired) electrons. The Bertz CT molecular complexity index is 375. The number of ether oxygens (including phenoxy) is 2. The largest absolute Gasteiger partial charge is 0.370 e. The highest BCUT2D eigenvalue weighted by Crippen LogP contribution is 2.16. The Balaban J connectivity index is 1.54. The minimum absolute atomic E-state index is 0.191. The van der Waals surface area contributed by atoms with Crippen LogP contribution in [-0.4, -0.2) is 25.4 Å². The van der Waals surface area contributed by atoms with Gasteiger partial charge in [-0.1, -0.05) is 36.5 Å². The maximum atomic E-state index is 5.87. The Morgan fingerprint density at radius 1 is 0.850 bits per heavy atom. The summed E-state index contributed by atoms with van der Waals surface area (Å²) in [4.78, 5) is 0. The van der Waals surface area contributed by atoms with Crippen molar-refractivity contribution in [2.45, 2.75) is 51.7 Å². The molecular formula is C18H26O2. The quantitative estimate of drug-likeness (QED) is 0.507. The lowest BCUT2D eigenvalue weighted by Gasteiger charge is -2.19. The third-order valence-electron chi connectivity index (χ3n) is 3.80. The van der Waals surface area contributed by atoms with E-state index in [2.05, 4.69) is 50.3 Å². The van der Waals surface area contributed by atoms with Crippen molar-refractivity contribution in [1.82, 2.24) is 0 Å². The van der Waals surface area contributed by atoms with Crippen LogP contribution >= 0.6 is 0 Å². The van der Waals surface area contributed by atoms with Crippen LogP contribution in [0.2, 0.25) is 0 Å². The van der Waals surface area contributed by atoms with Crippen LogP contribution in [0.15, 0.2) is 47.6 Å². The van der Waals surface area contributed by atoms with E-state index in [9.17, 15) is 0 Å². The number of allylic oxidation sites excluding steroid dienone is 4. The van der Waals surface area contributed by atoms with E-state index in [0.29, 0.717) is 0 Å². The second kappa shape index (κ2) is 8.23. The summed E-state index contributed by atoms with van der Waals surface area (Å²) in [6, 6.07) is 0. The molecule has 0 spiro atoms. The molecule has 0 saturated carbocycles. The average Bonchev–Trinajstić information content (AvgIpc) is 2.46. The summed E-state index contributed by atoms with van der Waals surface area (Å²) < 4.78 is 11.7. The van der Waals surface area contributed by atoms with Crippen molar-refractivity contribution in [2.75, 3.05) is 13.2 Å². The fraction of sp³-hybridized carbons (Fsp3) is 0.556. The van der Waals surface area contributed by atoms with Gasteiger partial charge in [0.05, 0.1) is 12.2 Å². The van der Waals surface area contributed by atoms with Gasteiger partial charge in [-0.25, -0.2) is 0 Å². The van der Waals surface area contributed by atoms with Gasteiger partial charge in [-0.2, -0.15) is 0 Å². The highest BCUT2D eigenvalue weighted by molar-refractivity contribution is 5.20. The minimum atomic E-state index is 0.191. The van der Waals surface area contributed by atoms with E-state index in [4.69, 9.17) is 9.47 Å². The zero-order valence-electron chi connectivity index (χ0n) is 12.7. The first kappa shape index (κ1) is 15.3. The van der Waals surface area contributed by atoms with Crippen LogP contribution in [0.5, 0.6) is 0 Å².